The fraction of sp³-hybridized carbons (Fsp3) is 0.300. The molecule has 2 aromatic carbocycles. The van der Waals surface area contributed by atoms with Crippen molar-refractivity contribution in [2.24, 2.45) is 0 Å². The molecule has 0 saturated heterocycles. The molecular formula is C20H25P. The van der Waals surface area contributed by atoms with Gasteiger partial charge in [-0.3, -0.25) is 0 Å². The molecular weight excluding hydrogens is 271 g/mol. The maximum absolute atomic E-state index is 2.35. The van der Waals surface area contributed by atoms with Gasteiger partial charge >= 0.3 is 0 Å². The lowest BCUT2D eigenvalue weighted by Gasteiger charge is -2.25. The summed E-state index contributed by atoms with van der Waals surface area (Å²) in [6.45, 7) is 9.37. The number of hydrogen-bond acceptors (Lipinski definition) is 0. The second-order valence-corrected chi connectivity index (χ2v) is 8.85. The van der Waals surface area contributed by atoms with Gasteiger partial charge in [-0.1, -0.05) is 89.4 Å². The first kappa shape index (κ1) is 16.0. The third-order valence-corrected chi connectivity index (χ3v) is 6.89. The molecule has 0 saturated carbocycles. The Bertz CT molecular complexity index is 540. The molecule has 0 amide bonds. The van der Waals surface area contributed by atoms with Crippen molar-refractivity contribution in [1.29, 1.82) is 0 Å². The summed E-state index contributed by atoms with van der Waals surface area (Å²) >= 11 is 0. The summed E-state index contributed by atoms with van der Waals surface area (Å²) < 4.78 is 0. The first-order valence-corrected chi connectivity index (χ1v) is 9.33. The molecule has 0 radical (unpaired) electrons. The van der Waals surface area contributed by atoms with E-state index in [-0.39, 0.29) is 7.92 Å². The first-order chi connectivity index (χ1) is 10.1. The molecule has 2 aromatic rings. The lowest BCUT2D eigenvalue weighted by atomic mass is 9.98. The van der Waals surface area contributed by atoms with Crippen LogP contribution < -0.4 is 0 Å². The average molecular weight is 296 g/mol. The fourth-order valence-electron chi connectivity index (χ4n) is 2.93. The molecule has 2 rings (SSSR count). The van der Waals surface area contributed by atoms with Gasteiger partial charge in [-0.25, -0.2) is 0 Å². The zero-order valence-electron chi connectivity index (χ0n) is 13.5. The zero-order chi connectivity index (χ0) is 15.2. The van der Waals surface area contributed by atoms with E-state index in [1.807, 2.05) is 0 Å². The Labute approximate surface area is 130 Å². The number of benzene rings is 2. The Hall–Kier alpha value is -1.39. The largest absolute Gasteiger partial charge is 0.0770 e. The Kier molecular flexibility index (Phi) is 5.76. The van der Waals surface area contributed by atoms with Gasteiger partial charge < -0.3 is 0 Å². The highest BCUT2D eigenvalue weighted by atomic mass is 31.1. The molecule has 21 heavy (non-hydrogen) atoms. The van der Waals surface area contributed by atoms with Crippen LogP contribution in [0.3, 0.4) is 0 Å². The Morgan fingerprint density at radius 1 is 0.857 bits per heavy atom. The molecule has 1 heteroatoms. The van der Waals surface area contributed by atoms with Crippen LogP contribution in [0.25, 0.3) is 5.57 Å². The SMILES string of the molecule is CCP(C(C)=C(c1ccccc1)c1ccccc1)C(C)C. The normalized spacial score (nSPS) is 12.2. The number of rotatable bonds is 5. The van der Waals surface area contributed by atoms with Crippen LogP contribution in [-0.4, -0.2) is 11.8 Å². The zero-order valence-corrected chi connectivity index (χ0v) is 14.4. The summed E-state index contributed by atoms with van der Waals surface area (Å²) in [5.41, 5.74) is 4.83. The third-order valence-electron chi connectivity index (χ3n) is 3.88. The third kappa shape index (κ3) is 3.83. The molecule has 0 spiro atoms. The van der Waals surface area contributed by atoms with Crippen LogP contribution in [-0.2, 0) is 0 Å². The van der Waals surface area contributed by atoms with Crippen molar-refractivity contribution in [2.75, 3.05) is 6.16 Å². The molecule has 1 atom stereocenters. The van der Waals surface area contributed by atoms with E-state index in [4.69, 9.17) is 0 Å². The van der Waals surface area contributed by atoms with E-state index in [9.17, 15) is 0 Å². The number of hydrogen-bond donors (Lipinski definition) is 0. The van der Waals surface area contributed by atoms with E-state index in [1.54, 1.807) is 5.31 Å². The van der Waals surface area contributed by atoms with Crippen molar-refractivity contribution < 1.29 is 0 Å². The molecule has 0 N–H and O–H groups in total. The second kappa shape index (κ2) is 7.57. The highest BCUT2D eigenvalue weighted by molar-refractivity contribution is 7.62. The van der Waals surface area contributed by atoms with Gasteiger partial charge in [0.15, 0.2) is 0 Å². The smallest absolute Gasteiger partial charge is 0.00774 e. The predicted octanol–water partition coefficient (Wildman–Crippen LogP) is 6.38. The first-order valence-electron chi connectivity index (χ1n) is 7.73. The van der Waals surface area contributed by atoms with E-state index >= 15 is 0 Å². The Morgan fingerprint density at radius 3 is 1.62 bits per heavy atom. The molecule has 110 valence electrons. The average Bonchev–Trinajstić information content (AvgIpc) is 2.50. The van der Waals surface area contributed by atoms with E-state index in [0.717, 1.165) is 5.66 Å². The highest BCUT2D eigenvalue weighted by Gasteiger charge is 2.18. The fourth-order valence-corrected chi connectivity index (χ4v) is 5.45. The Morgan fingerprint density at radius 2 is 1.29 bits per heavy atom. The number of allylic oxidation sites excluding steroid dienone is 1. The molecule has 0 aliphatic carbocycles. The van der Waals surface area contributed by atoms with Crippen LogP contribution in [0.2, 0.25) is 0 Å². The van der Waals surface area contributed by atoms with Crippen LogP contribution in [0.4, 0.5) is 0 Å². The highest BCUT2D eigenvalue weighted by Crippen LogP contribution is 2.52. The van der Waals surface area contributed by atoms with Crippen LogP contribution in [0.15, 0.2) is 66.0 Å². The van der Waals surface area contributed by atoms with Crippen molar-refractivity contribution in [2.45, 2.75) is 33.4 Å². The van der Waals surface area contributed by atoms with Gasteiger partial charge in [-0.2, -0.15) is 0 Å². The molecule has 0 fully saturated rings. The standard InChI is InChI=1S/C20H25P/c1-5-21(16(2)3)17(4)20(18-12-8-6-9-13-18)19-14-10-7-11-15-19/h6-16H,5H2,1-4H3. The van der Waals surface area contributed by atoms with E-state index in [1.165, 1.54) is 22.9 Å². The van der Waals surface area contributed by atoms with Crippen LogP contribution in [0, 0.1) is 0 Å². The van der Waals surface area contributed by atoms with Gasteiger partial charge in [-0.15, -0.1) is 0 Å². The van der Waals surface area contributed by atoms with E-state index in [2.05, 4.69) is 88.4 Å². The summed E-state index contributed by atoms with van der Waals surface area (Å²) in [7, 11) is -0.0856. The topological polar surface area (TPSA) is 0 Å². The van der Waals surface area contributed by atoms with Gasteiger partial charge in [0.1, 0.15) is 0 Å². The van der Waals surface area contributed by atoms with Gasteiger partial charge in [0.2, 0.25) is 0 Å². The minimum absolute atomic E-state index is 0.0856. The van der Waals surface area contributed by atoms with Crippen LogP contribution in [0.1, 0.15) is 38.8 Å². The predicted molar refractivity (Wildman–Crippen MR) is 97.2 cm³/mol. The van der Waals surface area contributed by atoms with Gasteiger partial charge in [0.25, 0.3) is 0 Å². The lowest BCUT2D eigenvalue weighted by Crippen LogP contribution is -2.00. The summed E-state index contributed by atoms with van der Waals surface area (Å²) in [6.07, 6.45) is 1.25. The molecule has 0 aliphatic heterocycles. The minimum atomic E-state index is -0.0856. The molecule has 0 nitrogen and oxygen atoms in total. The van der Waals surface area contributed by atoms with Crippen LogP contribution in [0.5, 0.6) is 0 Å². The molecule has 0 heterocycles. The monoisotopic (exact) mass is 296 g/mol. The van der Waals surface area contributed by atoms with Crippen molar-refractivity contribution in [1.82, 2.24) is 0 Å². The van der Waals surface area contributed by atoms with Crippen molar-refractivity contribution in [3.8, 4) is 0 Å². The quantitative estimate of drug-likeness (QED) is 0.562. The van der Waals surface area contributed by atoms with Crippen molar-refractivity contribution >= 4 is 13.5 Å². The second-order valence-electron chi connectivity index (χ2n) is 5.57. The molecule has 1 unspecified atom stereocenters. The van der Waals surface area contributed by atoms with Crippen molar-refractivity contribution in [3.05, 3.63) is 77.1 Å². The Balaban J connectivity index is 2.61. The van der Waals surface area contributed by atoms with E-state index in [0.29, 0.717) is 0 Å². The lowest BCUT2D eigenvalue weighted by molar-refractivity contribution is 1.08. The minimum Gasteiger partial charge on any atom is -0.0770 e. The molecule has 0 aromatic heterocycles. The van der Waals surface area contributed by atoms with Crippen molar-refractivity contribution in [3.63, 3.8) is 0 Å². The maximum atomic E-state index is 2.35. The summed E-state index contributed by atoms with van der Waals surface area (Å²) in [4.78, 5) is 0. The maximum Gasteiger partial charge on any atom is -0.00774 e. The summed E-state index contributed by atoms with van der Waals surface area (Å²) in [5, 5.41) is 1.57. The summed E-state index contributed by atoms with van der Waals surface area (Å²) in [5.74, 6) is 0. The summed E-state index contributed by atoms with van der Waals surface area (Å²) in [6, 6.07) is 21.6. The van der Waals surface area contributed by atoms with Gasteiger partial charge in [0.05, 0.1) is 0 Å². The molecule has 0 aliphatic rings. The van der Waals surface area contributed by atoms with E-state index < -0.39 is 0 Å². The molecule has 0 bridgehead atoms. The van der Waals surface area contributed by atoms with Gasteiger partial charge in [0, 0.05) is 0 Å². The van der Waals surface area contributed by atoms with Crippen LogP contribution >= 0.6 is 7.92 Å². The van der Waals surface area contributed by atoms with Gasteiger partial charge in [-0.05, 0) is 40.8 Å².